The molecule has 0 aliphatic carbocycles. The van der Waals surface area contributed by atoms with Gasteiger partial charge in [0.15, 0.2) is 35.5 Å². The van der Waals surface area contributed by atoms with Gasteiger partial charge in [0.1, 0.15) is 12.4 Å². The summed E-state index contributed by atoms with van der Waals surface area (Å²) >= 11 is 0. The van der Waals surface area contributed by atoms with E-state index in [1.54, 1.807) is 30.3 Å². The Kier molecular flexibility index (Phi) is 5.75. The topological polar surface area (TPSA) is 152 Å². The SMILES string of the molecule is O=C(Nc1ncnc2c1ncn2[C@@H]1O[C@H](CO)[C@@H](O[P+](=O)[O-])[C@H]1F)c1ccccc1. The maximum absolute atomic E-state index is 14.9. The number of aliphatic hydroxyl groups is 1. The van der Waals surface area contributed by atoms with Crippen LogP contribution in [0.2, 0.25) is 0 Å². The number of halogens is 1. The van der Waals surface area contributed by atoms with Gasteiger partial charge in [-0.25, -0.2) is 19.3 Å². The lowest BCUT2D eigenvalue weighted by Gasteiger charge is -2.15. The number of anilines is 1. The molecule has 2 aromatic heterocycles. The number of nitrogens with one attached hydrogen (secondary N) is 1. The minimum absolute atomic E-state index is 0.107. The summed E-state index contributed by atoms with van der Waals surface area (Å²) in [6.45, 7) is -0.648. The minimum atomic E-state index is -3.35. The summed E-state index contributed by atoms with van der Waals surface area (Å²) in [7, 11) is -3.35. The van der Waals surface area contributed by atoms with Crippen LogP contribution in [0.5, 0.6) is 0 Å². The number of carbonyl (C=O) groups excluding carboxylic acids is 1. The normalized spacial score (nSPS) is 24.2. The molecule has 13 heteroatoms. The molecule has 1 unspecified atom stereocenters. The van der Waals surface area contributed by atoms with Gasteiger partial charge in [-0.3, -0.25) is 9.36 Å². The molecule has 2 N–H and O–H groups in total. The summed E-state index contributed by atoms with van der Waals surface area (Å²) in [5.41, 5.74) is 0.728. The molecule has 1 aliphatic rings. The number of carbonyl (C=O) groups is 1. The molecule has 30 heavy (non-hydrogen) atoms. The monoisotopic (exact) mass is 435 g/mol. The van der Waals surface area contributed by atoms with E-state index in [4.69, 9.17) is 4.74 Å². The summed E-state index contributed by atoms with van der Waals surface area (Å²) in [4.78, 5) is 35.5. The van der Waals surface area contributed by atoms with E-state index < -0.39 is 45.4 Å². The van der Waals surface area contributed by atoms with Gasteiger partial charge in [0, 0.05) is 5.56 Å². The van der Waals surface area contributed by atoms with E-state index in [1.165, 1.54) is 10.9 Å². The zero-order valence-corrected chi connectivity index (χ0v) is 16.1. The fourth-order valence-corrected chi connectivity index (χ4v) is 3.64. The highest BCUT2D eigenvalue weighted by molar-refractivity contribution is 7.30. The van der Waals surface area contributed by atoms with Gasteiger partial charge < -0.3 is 20.1 Å². The van der Waals surface area contributed by atoms with Crippen molar-refractivity contribution in [2.24, 2.45) is 0 Å². The van der Waals surface area contributed by atoms with E-state index in [-0.39, 0.29) is 17.0 Å². The van der Waals surface area contributed by atoms with Crippen molar-refractivity contribution < 1.29 is 33.0 Å². The first-order valence-corrected chi connectivity index (χ1v) is 9.84. The first-order valence-electron chi connectivity index (χ1n) is 8.75. The van der Waals surface area contributed by atoms with E-state index in [2.05, 4.69) is 24.8 Å². The summed E-state index contributed by atoms with van der Waals surface area (Å²) < 4.78 is 37.0. The molecule has 0 bridgehead atoms. The van der Waals surface area contributed by atoms with Crippen LogP contribution < -0.4 is 10.2 Å². The van der Waals surface area contributed by atoms with Gasteiger partial charge in [-0.05, 0) is 16.7 Å². The van der Waals surface area contributed by atoms with Crippen LogP contribution in [0, 0.1) is 0 Å². The molecule has 1 fully saturated rings. The van der Waals surface area contributed by atoms with Crippen LogP contribution in [0.1, 0.15) is 16.6 Å². The van der Waals surface area contributed by atoms with Crippen LogP contribution >= 0.6 is 8.25 Å². The quantitative estimate of drug-likeness (QED) is 0.533. The highest BCUT2D eigenvalue weighted by atomic mass is 31.1. The predicted molar refractivity (Wildman–Crippen MR) is 98.1 cm³/mol. The number of aromatic nitrogens is 4. The number of hydrogen-bond acceptors (Lipinski definition) is 9. The van der Waals surface area contributed by atoms with Gasteiger partial charge in [0.25, 0.3) is 5.91 Å². The lowest BCUT2D eigenvalue weighted by atomic mass is 10.1. The second-order valence-corrected chi connectivity index (χ2v) is 7.01. The second kappa shape index (κ2) is 8.46. The average molecular weight is 435 g/mol. The van der Waals surface area contributed by atoms with Gasteiger partial charge in [0.05, 0.1) is 12.9 Å². The molecule has 1 aliphatic heterocycles. The van der Waals surface area contributed by atoms with Gasteiger partial charge in [-0.1, -0.05) is 18.2 Å². The van der Waals surface area contributed by atoms with Crippen molar-refractivity contribution in [1.29, 1.82) is 0 Å². The Morgan fingerprint density at radius 2 is 2.10 bits per heavy atom. The highest BCUT2D eigenvalue weighted by Crippen LogP contribution is 2.38. The Bertz CT molecular complexity index is 1080. The maximum Gasteiger partial charge on any atom is 0.488 e. The van der Waals surface area contributed by atoms with E-state index >= 15 is 0 Å². The fourth-order valence-electron chi connectivity index (χ4n) is 3.19. The summed E-state index contributed by atoms with van der Waals surface area (Å²) in [5.74, 6) is -0.311. The Balaban J connectivity index is 1.63. The van der Waals surface area contributed by atoms with Crippen molar-refractivity contribution >= 4 is 31.1 Å². The number of aliphatic hydroxyl groups excluding tert-OH is 1. The number of fused-ring (bicyclic) bond motifs is 1. The Morgan fingerprint density at radius 3 is 2.80 bits per heavy atom. The molecule has 1 saturated heterocycles. The van der Waals surface area contributed by atoms with Gasteiger partial charge in [0.2, 0.25) is 0 Å². The molecule has 0 spiro atoms. The predicted octanol–water partition coefficient (Wildman–Crippen LogP) is 0.709. The first-order chi connectivity index (χ1) is 14.5. The molecule has 0 radical (unpaired) electrons. The molecule has 5 atom stereocenters. The molecule has 11 nitrogen and oxygen atoms in total. The van der Waals surface area contributed by atoms with Gasteiger partial charge >= 0.3 is 8.25 Å². The van der Waals surface area contributed by atoms with Crippen molar-refractivity contribution in [2.45, 2.75) is 24.6 Å². The van der Waals surface area contributed by atoms with Crippen LogP contribution in [0.4, 0.5) is 10.2 Å². The lowest BCUT2D eigenvalue weighted by Crippen LogP contribution is -2.32. The van der Waals surface area contributed by atoms with Crippen LogP contribution in [-0.2, 0) is 13.8 Å². The third-order valence-corrected chi connectivity index (χ3v) is 4.97. The number of alkyl halides is 1. The molecule has 1 amide bonds. The van der Waals surface area contributed by atoms with Crippen LogP contribution in [0.15, 0.2) is 43.0 Å². The minimum Gasteiger partial charge on any atom is -0.566 e. The molecule has 3 aromatic rings. The van der Waals surface area contributed by atoms with E-state index in [1.807, 2.05) is 0 Å². The maximum atomic E-state index is 14.9. The lowest BCUT2D eigenvalue weighted by molar-refractivity contribution is -0.192. The average Bonchev–Trinajstić information content (AvgIpc) is 3.30. The van der Waals surface area contributed by atoms with E-state index in [0.717, 1.165) is 6.33 Å². The van der Waals surface area contributed by atoms with Crippen LogP contribution in [0.3, 0.4) is 0 Å². The van der Waals surface area contributed by atoms with Gasteiger partial charge in [-0.2, -0.15) is 0 Å². The summed E-state index contributed by atoms with van der Waals surface area (Å²) in [6, 6.07) is 8.45. The Labute approximate surface area is 169 Å². The van der Waals surface area contributed by atoms with E-state index in [9.17, 15) is 23.7 Å². The smallest absolute Gasteiger partial charge is 0.488 e. The fraction of sp³-hybridized carbons (Fsp3) is 0.294. The first kappa shape index (κ1) is 20.4. The molecule has 3 heterocycles. The van der Waals surface area contributed by atoms with Crippen molar-refractivity contribution in [1.82, 2.24) is 19.5 Å². The second-order valence-electron chi connectivity index (χ2n) is 6.35. The standard InChI is InChI=1S/C17H15FN5O6P/c18-11-13(29-30(26)27)10(6-24)28-17(11)23-8-21-12-14(19-7-20-15(12)23)22-16(25)9-4-2-1-3-5-9/h1-5,7-8,10-11,13,17,24H,6H2,(H,19,20,22,25)/t10-,11-,13-,17-/m1/s1. The van der Waals surface area contributed by atoms with Crippen molar-refractivity contribution in [3.05, 3.63) is 48.5 Å². The number of benzene rings is 1. The molecular formula is C17H15FN5O6P. The molecule has 0 saturated carbocycles. The third kappa shape index (κ3) is 3.78. The third-order valence-electron chi connectivity index (χ3n) is 4.56. The van der Waals surface area contributed by atoms with Crippen LogP contribution in [-0.4, -0.2) is 55.5 Å². The van der Waals surface area contributed by atoms with Crippen molar-refractivity contribution in [3.8, 4) is 0 Å². The van der Waals surface area contributed by atoms with Gasteiger partial charge in [-0.15, -0.1) is 4.52 Å². The van der Waals surface area contributed by atoms with Crippen LogP contribution in [0.25, 0.3) is 11.2 Å². The van der Waals surface area contributed by atoms with Crippen molar-refractivity contribution in [2.75, 3.05) is 11.9 Å². The number of amides is 1. The van der Waals surface area contributed by atoms with Crippen molar-refractivity contribution in [3.63, 3.8) is 0 Å². The molecule has 4 rings (SSSR count). The number of imidazole rings is 1. The Morgan fingerprint density at radius 1 is 1.33 bits per heavy atom. The highest BCUT2D eigenvalue weighted by Gasteiger charge is 2.50. The number of ether oxygens (including phenoxy) is 1. The summed E-state index contributed by atoms with van der Waals surface area (Å²) in [5, 5.41) is 12.0. The molecular weight excluding hydrogens is 420 g/mol. The largest absolute Gasteiger partial charge is 0.566 e. The Hall–Kier alpha value is -2.89. The number of rotatable bonds is 6. The summed E-state index contributed by atoms with van der Waals surface area (Å²) in [6.07, 6.45) is -3.60. The number of nitrogens with zero attached hydrogens (tertiary/aromatic N) is 4. The molecule has 1 aromatic carbocycles. The van der Waals surface area contributed by atoms with E-state index in [0.29, 0.717) is 5.56 Å². The zero-order chi connectivity index (χ0) is 21.3. The zero-order valence-electron chi connectivity index (χ0n) is 15.2. The number of hydrogen-bond donors (Lipinski definition) is 2. The molecule has 156 valence electrons.